The zero-order valence-corrected chi connectivity index (χ0v) is 7.58. The van der Waals surface area contributed by atoms with E-state index in [1.165, 1.54) is 0 Å². The summed E-state index contributed by atoms with van der Waals surface area (Å²) >= 11 is 0. The molecule has 2 heteroatoms. The van der Waals surface area contributed by atoms with E-state index in [-0.39, 0.29) is 0 Å². The van der Waals surface area contributed by atoms with Crippen molar-refractivity contribution in [3.8, 4) is 6.07 Å². The summed E-state index contributed by atoms with van der Waals surface area (Å²) in [4.78, 5) is 0. The predicted molar refractivity (Wildman–Crippen MR) is 50.0 cm³/mol. The molecule has 0 saturated heterocycles. The molecule has 1 aliphatic rings. The van der Waals surface area contributed by atoms with Crippen molar-refractivity contribution in [2.24, 2.45) is 5.92 Å². The van der Waals surface area contributed by atoms with Crippen molar-refractivity contribution in [3.05, 3.63) is 22.5 Å². The van der Waals surface area contributed by atoms with Crippen molar-refractivity contribution < 1.29 is 4.42 Å². The Morgan fingerprint density at radius 2 is 2.46 bits per heavy atom. The van der Waals surface area contributed by atoms with Crippen LogP contribution in [0.3, 0.4) is 0 Å². The van der Waals surface area contributed by atoms with Gasteiger partial charge in [0.2, 0.25) is 5.76 Å². The number of nitriles is 1. The molecule has 0 aliphatic heterocycles. The average molecular weight is 173 g/mol. The van der Waals surface area contributed by atoms with Gasteiger partial charge >= 0.3 is 0 Å². The summed E-state index contributed by atoms with van der Waals surface area (Å²) in [6.45, 7) is 2.16. The highest BCUT2D eigenvalue weighted by Crippen LogP contribution is 2.09. The minimum absolute atomic E-state index is 0.409. The van der Waals surface area contributed by atoms with Gasteiger partial charge in [0, 0.05) is 11.3 Å². The molecule has 1 heterocycles. The fourth-order valence-corrected chi connectivity index (χ4v) is 1.61. The Kier molecular flexibility index (Phi) is 1.94. The first kappa shape index (κ1) is 8.12. The van der Waals surface area contributed by atoms with Crippen LogP contribution < -0.4 is 10.6 Å². The van der Waals surface area contributed by atoms with E-state index in [9.17, 15) is 0 Å². The van der Waals surface area contributed by atoms with Crippen LogP contribution in [0.25, 0.3) is 12.2 Å². The molecule has 0 aromatic carbocycles. The molecule has 1 aliphatic carbocycles. The fraction of sp³-hybridized carbons (Fsp3) is 0.364. The second-order valence-corrected chi connectivity index (χ2v) is 3.47. The van der Waals surface area contributed by atoms with Gasteiger partial charge < -0.3 is 4.42 Å². The molecule has 0 spiro atoms. The molecule has 0 amide bonds. The van der Waals surface area contributed by atoms with Crippen LogP contribution in [0.5, 0.6) is 0 Å². The van der Waals surface area contributed by atoms with Crippen molar-refractivity contribution in [1.82, 2.24) is 0 Å². The van der Waals surface area contributed by atoms with Gasteiger partial charge in [-0.1, -0.05) is 13.0 Å². The van der Waals surface area contributed by atoms with Gasteiger partial charge in [0.25, 0.3) is 0 Å². The van der Waals surface area contributed by atoms with Gasteiger partial charge in [0.15, 0.2) is 0 Å². The molecule has 0 N–H and O–H groups in total. The Balaban J connectivity index is 2.66. The van der Waals surface area contributed by atoms with Gasteiger partial charge in [0.05, 0.1) is 0 Å². The first-order valence-corrected chi connectivity index (χ1v) is 4.51. The highest BCUT2D eigenvalue weighted by molar-refractivity contribution is 5.35. The molecule has 2 rings (SSSR count). The zero-order chi connectivity index (χ0) is 9.26. The largest absolute Gasteiger partial charge is 0.446 e. The molecular formula is C11H11NO. The molecular weight excluding hydrogens is 162 g/mol. The lowest BCUT2D eigenvalue weighted by Gasteiger charge is -1.98. The van der Waals surface area contributed by atoms with Gasteiger partial charge in [-0.2, -0.15) is 5.26 Å². The van der Waals surface area contributed by atoms with Crippen LogP contribution in [0, 0.1) is 17.2 Å². The van der Waals surface area contributed by atoms with Crippen LogP contribution in [0.15, 0.2) is 10.5 Å². The Bertz CT molecular complexity index is 461. The summed E-state index contributed by atoms with van der Waals surface area (Å²) in [6, 6.07) is 3.82. The van der Waals surface area contributed by atoms with Crippen LogP contribution in [0.2, 0.25) is 0 Å². The third-order valence-electron chi connectivity index (χ3n) is 2.32. The van der Waals surface area contributed by atoms with E-state index in [0.717, 1.165) is 23.5 Å². The first-order chi connectivity index (χ1) is 6.29. The second-order valence-electron chi connectivity index (χ2n) is 3.47. The molecule has 0 radical (unpaired) electrons. The average Bonchev–Trinajstić information content (AvgIpc) is 2.41. The number of fused-ring (bicyclic) bond motifs is 1. The molecule has 1 atom stereocenters. The highest BCUT2D eigenvalue weighted by atomic mass is 16.3. The topological polar surface area (TPSA) is 36.9 Å². The van der Waals surface area contributed by atoms with E-state index in [4.69, 9.17) is 9.68 Å². The van der Waals surface area contributed by atoms with Gasteiger partial charge in [-0.3, -0.25) is 0 Å². The number of hydrogen-bond donors (Lipinski definition) is 0. The third kappa shape index (κ3) is 1.50. The Hall–Kier alpha value is -1.49. The van der Waals surface area contributed by atoms with E-state index in [1.807, 2.05) is 12.1 Å². The molecule has 1 aromatic rings. The molecule has 0 fully saturated rings. The lowest BCUT2D eigenvalue weighted by Crippen LogP contribution is -2.18. The predicted octanol–water partition coefficient (Wildman–Crippen LogP) is 1.14. The summed E-state index contributed by atoms with van der Waals surface area (Å²) < 4.78 is 5.36. The fourth-order valence-electron chi connectivity index (χ4n) is 1.61. The molecule has 2 nitrogen and oxygen atoms in total. The minimum Gasteiger partial charge on any atom is -0.446 e. The Morgan fingerprint density at radius 3 is 3.23 bits per heavy atom. The van der Waals surface area contributed by atoms with Crippen molar-refractivity contribution in [3.63, 3.8) is 0 Å². The smallest absolute Gasteiger partial charge is 0.204 e. The van der Waals surface area contributed by atoms with E-state index in [0.29, 0.717) is 11.7 Å². The van der Waals surface area contributed by atoms with Crippen LogP contribution in [0.1, 0.15) is 25.5 Å². The summed E-state index contributed by atoms with van der Waals surface area (Å²) in [5.74, 6) is 0.946. The number of nitrogens with zero attached hydrogens (tertiary/aromatic N) is 1. The second kappa shape index (κ2) is 3.10. The number of rotatable bonds is 0. The van der Waals surface area contributed by atoms with Crippen LogP contribution in [-0.2, 0) is 0 Å². The summed E-state index contributed by atoms with van der Waals surface area (Å²) in [5.41, 5.74) is 0.863. The van der Waals surface area contributed by atoms with Gasteiger partial charge in [0.1, 0.15) is 11.5 Å². The molecule has 1 aromatic heterocycles. The van der Waals surface area contributed by atoms with Crippen molar-refractivity contribution in [2.45, 2.75) is 19.8 Å². The van der Waals surface area contributed by atoms with E-state index in [2.05, 4.69) is 19.1 Å². The minimum atomic E-state index is 0.409. The lowest BCUT2D eigenvalue weighted by atomic mass is 10.1. The van der Waals surface area contributed by atoms with E-state index >= 15 is 0 Å². The molecule has 1 unspecified atom stereocenters. The summed E-state index contributed by atoms with van der Waals surface area (Å²) in [7, 11) is 0. The van der Waals surface area contributed by atoms with E-state index < -0.39 is 0 Å². The summed E-state index contributed by atoms with van der Waals surface area (Å²) in [6.07, 6.45) is 6.46. The quantitative estimate of drug-likeness (QED) is 0.590. The van der Waals surface area contributed by atoms with Gasteiger partial charge in [-0.25, -0.2) is 0 Å². The van der Waals surface area contributed by atoms with Crippen LogP contribution in [-0.4, -0.2) is 0 Å². The molecule has 0 saturated carbocycles. The van der Waals surface area contributed by atoms with Gasteiger partial charge in [-0.15, -0.1) is 0 Å². The molecule has 0 bridgehead atoms. The molecule has 66 valence electrons. The normalized spacial score (nSPS) is 20.5. The zero-order valence-electron chi connectivity index (χ0n) is 7.58. The maximum Gasteiger partial charge on any atom is 0.204 e. The standard InChI is InChI=1S/C11H11NO/c1-8-3-2-4-9-6-10(7-12)13-11(9)5-8/h4-6,8H,2-3H2,1H3. The van der Waals surface area contributed by atoms with Crippen molar-refractivity contribution >= 4 is 12.2 Å². The van der Waals surface area contributed by atoms with Crippen LogP contribution in [0.4, 0.5) is 0 Å². The highest BCUT2D eigenvalue weighted by Gasteiger charge is 2.04. The molecule has 13 heavy (non-hydrogen) atoms. The van der Waals surface area contributed by atoms with Gasteiger partial charge in [-0.05, 0) is 24.8 Å². The van der Waals surface area contributed by atoms with E-state index in [1.54, 1.807) is 0 Å². The number of furan rings is 1. The Labute approximate surface area is 76.8 Å². The lowest BCUT2D eigenvalue weighted by molar-refractivity contribution is 0.513. The monoisotopic (exact) mass is 173 g/mol. The summed E-state index contributed by atoms with van der Waals surface area (Å²) in [5, 5.41) is 9.72. The van der Waals surface area contributed by atoms with Crippen LogP contribution >= 0.6 is 0 Å². The third-order valence-corrected chi connectivity index (χ3v) is 2.32. The number of hydrogen-bond acceptors (Lipinski definition) is 2. The Morgan fingerprint density at radius 1 is 1.62 bits per heavy atom. The SMILES string of the molecule is CC1C=c2oc(C#N)cc2=CCC1. The maximum atomic E-state index is 8.65. The van der Waals surface area contributed by atoms with Crippen molar-refractivity contribution in [2.75, 3.05) is 0 Å². The van der Waals surface area contributed by atoms with Crippen molar-refractivity contribution in [1.29, 1.82) is 5.26 Å². The maximum absolute atomic E-state index is 8.65. The first-order valence-electron chi connectivity index (χ1n) is 4.51.